The highest BCUT2D eigenvalue weighted by Gasteiger charge is 2.18. The molecule has 6 heteroatoms. The van der Waals surface area contributed by atoms with E-state index in [1.165, 1.54) is 17.7 Å². The molecule has 0 unspecified atom stereocenters. The van der Waals surface area contributed by atoms with Gasteiger partial charge in [-0.1, -0.05) is 43.6 Å². The molecule has 0 saturated heterocycles. The van der Waals surface area contributed by atoms with Crippen LogP contribution in [-0.4, -0.2) is 18.5 Å². The van der Waals surface area contributed by atoms with E-state index in [1.807, 2.05) is 12.1 Å². The fourth-order valence-electron chi connectivity index (χ4n) is 2.22. The van der Waals surface area contributed by atoms with Gasteiger partial charge in [-0.25, -0.2) is 9.18 Å². The van der Waals surface area contributed by atoms with E-state index in [-0.39, 0.29) is 10.6 Å². The molecule has 1 amide bonds. The van der Waals surface area contributed by atoms with Crippen LogP contribution in [0.15, 0.2) is 42.5 Å². The minimum atomic E-state index is -0.981. The Hall–Kier alpha value is -2.40. The molecule has 4 nitrogen and oxygen atoms in total. The van der Waals surface area contributed by atoms with Crippen LogP contribution in [0.5, 0.6) is 0 Å². The lowest BCUT2D eigenvalue weighted by atomic mass is 9.99. The van der Waals surface area contributed by atoms with E-state index in [2.05, 4.69) is 19.2 Å². The summed E-state index contributed by atoms with van der Waals surface area (Å²) >= 11 is 5.78. The quantitative estimate of drug-likeness (QED) is 0.751. The molecule has 1 atom stereocenters. The molecule has 0 spiro atoms. The molecule has 1 N–H and O–H groups in total. The average molecular weight is 364 g/mol. The van der Waals surface area contributed by atoms with Crippen LogP contribution in [0.25, 0.3) is 0 Å². The number of benzene rings is 2. The Morgan fingerprint density at radius 2 is 1.88 bits per heavy atom. The van der Waals surface area contributed by atoms with Gasteiger partial charge in [-0.2, -0.15) is 0 Å². The van der Waals surface area contributed by atoms with Gasteiger partial charge in [0.2, 0.25) is 0 Å². The summed E-state index contributed by atoms with van der Waals surface area (Å²) in [6.45, 7) is 3.70. The summed E-state index contributed by atoms with van der Waals surface area (Å²) in [5.74, 6) is -1.85. The van der Waals surface area contributed by atoms with Gasteiger partial charge in [-0.3, -0.25) is 4.79 Å². The zero-order chi connectivity index (χ0) is 18.4. The van der Waals surface area contributed by atoms with Crippen molar-refractivity contribution in [3.63, 3.8) is 0 Å². The molecule has 0 aromatic heterocycles. The predicted molar refractivity (Wildman–Crippen MR) is 95.5 cm³/mol. The van der Waals surface area contributed by atoms with Crippen molar-refractivity contribution in [1.82, 2.24) is 0 Å². The maximum Gasteiger partial charge on any atom is 0.343 e. The molecule has 132 valence electrons. The van der Waals surface area contributed by atoms with Gasteiger partial charge >= 0.3 is 5.97 Å². The molecule has 0 aliphatic carbocycles. The van der Waals surface area contributed by atoms with Crippen molar-refractivity contribution < 1.29 is 18.7 Å². The standard InChI is InChI=1S/C19H19ClFNO3/c1-3-12(2)13-7-9-14(10-8-13)22-17(23)11-25-19(24)18-15(20)5-4-6-16(18)21/h4-10,12H,3,11H2,1-2H3,(H,22,23)/t12-/m0/s1. The van der Waals surface area contributed by atoms with E-state index in [4.69, 9.17) is 16.3 Å². The zero-order valence-corrected chi connectivity index (χ0v) is 14.8. The van der Waals surface area contributed by atoms with Crippen molar-refractivity contribution in [2.24, 2.45) is 0 Å². The third kappa shape index (κ3) is 5.03. The molecule has 0 aliphatic rings. The fourth-order valence-corrected chi connectivity index (χ4v) is 2.46. The van der Waals surface area contributed by atoms with Gasteiger partial charge in [0, 0.05) is 5.69 Å². The van der Waals surface area contributed by atoms with Crippen LogP contribution in [-0.2, 0) is 9.53 Å². The lowest BCUT2D eigenvalue weighted by Gasteiger charge is -2.11. The van der Waals surface area contributed by atoms with Crippen LogP contribution in [0, 0.1) is 5.82 Å². The van der Waals surface area contributed by atoms with E-state index >= 15 is 0 Å². The lowest BCUT2D eigenvalue weighted by molar-refractivity contribution is -0.119. The summed E-state index contributed by atoms with van der Waals surface area (Å²) in [6, 6.07) is 11.3. The minimum absolute atomic E-state index is 0.0639. The summed E-state index contributed by atoms with van der Waals surface area (Å²) in [5.41, 5.74) is 1.40. The number of anilines is 1. The smallest absolute Gasteiger partial charge is 0.343 e. The Bertz CT molecular complexity index is 742. The summed E-state index contributed by atoms with van der Waals surface area (Å²) in [5, 5.41) is 2.56. The first-order valence-corrected chi connectivity index (χ1v) is 8.31. The first kappa shape index (κ1) is 18.9. The van der Waals surface area contributed by atoms with E-state index in [1.54, 1.807) is 12.1 Å². The number of nitrogens with one attached hydrogen (secondary N) is 1. The second-order valence-corrected chi connectivity index (χ2v) is 6.06. The molecule has 0 saturated carbocycles. The molecule has 0 radical (unpaired) electrons. The highest BCUT2D eigenvalue weighted by molar-refractivity contribution is 6.33. The van der Waals surface area contributed by atoms with Crippen LogP contribution in [0.1, 0.15) is 42.1 Å². The molecule has 0 aliphatic heterocycles. The fraction of sp³-hybridized carbons (Fsp3) is 0.263. The third-order valence-corrected chi connectivity index (χ3v) is 4.19. The number of esters is 1. The topological polar surface area (TPSA) is 55.4 Å². The zero-order valence-electron chi connectivity index (χ0n) is 14.0. The average Bonchev–Trinajstić information content (AvgIpc) is 2.60. The van der Waals surface area contributed by atoms with Crippen LogP contribution in [0.3, 0.4) is 0 Å². The van der Waals surface area contributed by atoms with Crippen LogP contribution in [0.4, 0.5) is 10.1 Å². The molecule has 0 fully saturated rings. The molecule has 2 aromatic carbocycles. The number of carbonyl (C=O) groups is 2. The Kier molecular flexibility index (Phi) is 6.53. The Morgan fingerprint density at radius 3 is 2.48 bits per heavy atom. The maximum absolute atomic E-state index is 13.6. The molecule has 2 aromatic rings. The summed E-state index contributed by atoms with van der Waals surface area (Å²) < 4.78 is 18.4. The van der Waals surface area contributed by atoms with Crippen molar-refractivity contribution in [2.75, 3.05) is 11.9 Å². The molecule has 25 heavy (non-hydrogen) atoms. The van der Waals surface area contributed by atoms with E-state index in [0.29, 0.717) is 11.6 Å². The van der Waals surface area contributed by atoms with Gasteiger partial charge in [-0.15, -0.1) is 0 Å². The lowest BCUT2D eigenvalue weighted by Crippen LogP contribution is -2.21. The number of carbonyl (C=O) groups excluding carboxylic acids is 2. The number of ether oxygens (including phenoxy) is 1. The summed E-state index contributed by atoms with van der Waals surface area (Å²) in [6.07, 6.45) is 1.03. The molecule has 0 bridgehead atoms. The van der Waals surface area contributed by atoms with Crippen molar-refractivity contribution in [3.8, 4) is 0 Å². The first-order chi connectivity index (χ1) is 11.9. The normalized spacial score (nSPS) is 11.7. The number of hydrogen-bond acceptors (Lipinski definition) is 3. The molecule has 0 heterocycles. The van der Waals surface area contributed by atoms with Gasteiger partial charge < -0.3 is 10.1 Å². The van der Waals surface area contributed by atoms with Crippen molar-refractivity contribution >= 4 is 29.2 Å². The van der Waals surface area contributed by atoms with Gasteiger partial charge in [0.25, 0.3) is 5.91 Å². The van der Waals surface area contributed by atoms with Gasteiger partial charge in [0.15, 0.2) is 6.61 Å². The van der Waals surface area contributed by atoms with Crippen LogP contribution in [0.2, 0.25) is 5.02 Å². The SMILES string of the molecule is CC[C@H](C)c1ccc(NC(=O)COC(=O)c2c(F)cccc2Cl)cc1. The Balaban J connectivity index is 1.91. The van der Waals surface area contributed by atoms with Crippen molar-refractivity contribution in [2.45, 2.75) is 26.2 Å². The van der Waals surface area contributed by atoms with E-state index < -0.39 is 24.3 Å². The van der Waals surface area contributed by atoms with E-state index in [0.717, 1.165) is 12.5 Å². The maximum atomic E-state index is 13.6. The van der Waals surface area contributed by atoms with Crippen LogP contribution >= 0.6 is 11.6 Å². The number of amides is 1. The molecular weight excluding hydrogens is 345 g/mol. The summed E-state index contributed by atoms with van der Waals surface area (Å²) in [7, 11) is 0. The van der Waals surface area contributed by atoms with Gasteiger partial charge in [0.1, 0.15) is 11.4 Å². The number of halogens is 2. The van der Waals surface area contributed by atoms with Gasteiger partial charge in [-0.05, 0) is 42.2 Å². The largest absolute Gasteiger partial charge is 0.452 e. The number of rotatable bonds is 6. The monoisotopic (exact) mass is 363 g/mol. The van der Waals surface area contributed by atoms with E-state index in [9.17, 15) is 14.0 Å². The molecular formula is C19H19ClFNO3. The summed E-state index contributed by atoms with van der Waals surface area (Å²) in [4.78, 5) is 23.7. The second-order valence-electron chi connectivity index (χ2n) is 5.65. The first-order valence-electron chi connectivity index (χ1n) is 7.93. The highest BCUT2D eigenvalue weighted by Crippen LogP contribution is 2.21. The van der Waals surface area contributed by atoms with Crippen molar-refractivity contribution in [3.05, 3.63) is 64.4 Å². The predicted octanol–water partition coefficient (Wildman–Crippen LogP) is 4.79. The minimum Gasteiger partial charge on any atom is -0.452 e. The highest BCUT2D eigenvalue weighted by atomic mass is 35.5. The van der Waals surface area contributed by atoms with Crippen LogP contribution < -0.4 is 5.32 Å². The second kappa shape index (κ2) is 8.62. The molecule has 2 rings (SSSR count). The third-order valence-electron chi connectivity index (χ3n) is 3.88. The Labute approximate surface area is 150 Å². The van der Waals surface area contributed by atoms with Gasteiger partial charge in [0.05, 0.1) is 5.02 Å². The number of hydrogen-bond donors (Lipinski definition) is 1. The van der Waals surface area contributed by atoms with Crippen molar-refractivity contribution in [1.29, 1.82) is 0 Å². The Morgan fingerprint density at radius 1 is 1.20 bits per heavy atom.